The first-order chi connectivity index (χ1) is 8.70. The molecule has 1 aromatic rings. The van der Waals surface area contributed by atoms with Crippen LogP contribution in [0.25, 0.3) is 0 Å². The molecule has 4 nitrogen and oxygen atoms in total. The van der Waals surface area contributed by atoms with Crippen LogP contribution in [0.15, 0.2) is 4.42 Å². The molecule has 18 heavy (non-hydrogen) atoms. The van der Waals surface area contributed by atoms with E-state index in [1.54, 1.807) is 0 Å². The molecule has 1 aliphatic carbocycles. The van der Waals surface area contributed by atoms with Crippen LogP contribution in [0.1, 0.15) is 82.5 Å². The lowest BCUT2D eigenvalue weighted by atomic mass is 9.80. The van der Waals surface area contributed by atoms with Gasteiger partial charge in [0, 0.05) is 5.92 Å². The summed E-state index contributed by atoms with van der Waals surface area (Å²) in [6.45, 7) is 4.14. The Bertz CT molecular complexity index is 354. The maximum atomic E-state index is 5.74. The van der Waals surface area contributed by atoms with E-state index in [4.69, 9.17) is 10.2 Å². The summed E-state index contributed by atoms with van der Waals surface area (Å²) in [6, 6.07) is -0.160. The van der Waals surface area contributed by atoms with Crippen LogP contribution in [-0.2, 0) is 0 Å². The topological polar surface area (TPSA) is 64.9 Å². The standard InChI is InChI=1S/C14H25N3O/c1-3-4-5-11-6-8-12(9-7-11)14-17-16-13(18-14)10(2)15/h10-12H,3-9,15H2,1-2H3. The molecule has 4 heteroatoms. The minimum absolute atomic E-state index is 0.160. The number of aromatic nitrogens is 2. The van der Waals surface area contributed by atoms with Gasteiger partial charge in [-0.3, -0.25) is 0 Å². The van der Waals surface area contributed by atoms with Gasteiger partial charge in [0.05, 0.1) is 6.04 Å². The van der Waals surface area contributed by atoms with E-state index in [0.29, 0.717) is 11.8 Å². The molecule has 2 N–H and O–H groups in total. The predicted molar refractivity (Wildman–Crippen MR) is 71.1 cm³/mol. The average Bonchev–Trinajstić information content (AvgIpc) is 2.87. The molecule has 1 fully saturated rings. The van der Waals surface area contributed by atoms with Crippen molar-refractivity contribution in [3.8, 4) is 0 Å². The molecule has 0 saturated heterocycles. The van der Waals surface area contributed by atoms with Gasteiger partial charge in [-0.15, -0.1) is 10.2 Å². The lowest BCUT2D eigenvalue weighted by molar-refractivity contribution is 0.272. The van der Waals surface area contributed by atoms with Crippen molar-refractivity contribution in [2.75, 3.05) is 0 Å². The fourth-order valence-electron chi connectivity index (χ4n) is 2.79. The van der Waals surface area contributed by atoms with E-state index in [-0.39, 0.29) is 6.04 Å². The first-order valence-electron chi connectivity index (χ1n) is 7.29. The molecular formula is C14H25N3O. The minimum Gasteiger partial charge on any atom is -0.423 e. The van der Waals surface area contributed by atoms with Gasteiger partial charge in [-0.25, -0.2) is 0 Å². The summed E-state index contributed by atoms with van der Waals surface area (Å²) in [7, 11) is 0. The molecule has 0 bridgehead atoms. The Morgan fingerprint density at radius 2 is 2.00 bits per heavy atom. The Balaban J connectivity index is 1.85. The number of nitrogens with zero attached hydrogens (tertiary/aromatic N) is 2. The van der Waals surface area contributed by atoms with Gasteiger partial charge >= 0.3 is 0 Å². The summed E-state index contributed by atoms with van der Waals surface area (Å²) in [6.07, 6.45) is 9.05. The van der Waals surface area contributed by atoms with Crippen LogP contribution in [0, 0.1) is 5.92 Å². The van der Waals surface area contributed by atoms with E-state index in [9.17, 15) is 0 Å². The van der Waals surface area contributed by atoms with Gasteiger partial charge in [-0.1, -0.05) is 26.2 Å². The quantitative estimate of drug-likeness (QED) is 0.869. The van der Waals surface area contributed by atoms with Gasteiger partial charge in [-0.05, 0) is 38.5 Å². The van der Waals surface area contributed by atoms with Crippen molar-refractivity contribution in [3.63, 3.8) is 0 Å². The van der Waals surface area contributed by atoms with Crippen molar-refractivity contribution >= 4 is 0 Å². The van der Waals surface area contributed by atoms with E-state index in [2.05, 4.69) is 17.1 Å². The van der Waals surface area contributed by atoms with Crippen LogP contribution in [-0.4, -0.2) is 10.2 Å². The Kier molecular flexibility index (Phi) is 4.75. The van der Waals surface area contributed by atoms with E-state index >= 15 is 0 Å². The highest BCUT2D eigenvalue weighted by molar-refractivity contribution is 4.95. The van der Waals surface area contributed by atoms with Crippen LogP contribution in [0.5, 0.6) is 0 Å². The van der Waals surface area contributed by atoms with Crippen molar-refractivity contribution in [1.29, 1.82) is 0 Å². The Labute approximate surface area is 109 Å². The summed E-state index contributed by atoms with van der Waals surface area (Å²) in [5, 5.41) is 8.17. The summed E-state index contributed by atoms with van der Waals surface area (Å²) < 4.78 is 5.65. The molecule has 0 amide bonds. The third kappa shape index (κ3) is 3.31. The molecule has 1 unspecified atom stereocenters. The maximum absolute atomic E-state index is 5.74. The summed E-state index contributed by atoms with van der Waals surface area (Å²) in [4.78, 5) is 0. The van der Waals surface area contributed by atoms with Crippen molar-refractivity contribution in [2.45, 2.75) is 70.8 Å². The largest absolute Gasteiger partial charge is 0.423 e. The van der Waals surface area contributed by atoms with Crippen molar-refractivity contribution in [1.82, 2.24) is 10.2 Å². The Morgan fingerprint density at radius 1 is 1.28 bits per heavy atom. The van der Waals surface area contributed by atoms with Crippen LogP contribution in [0.2, 0.25) is 0 Å². The molecule has 1 saturated carbocycles. The molecule has 1 aliphatic rings. The highest BCUT2D eigenvalue weighted by Crippen LogP contribution is 2.37. The smallest absolute Gasteiger partial charge is 0.232 e. The minimum atomic E-state index is -0.160. The first kappa shape index (κ1) is 13.5. The zero-order chi connectivity index (χ0) is 13.0. The van der Waals surface area contributed by atoms with Crippen LogP contribution in [0.3, 0.4) is 0 Å². The number of hydrogen-bond donors (Lipinski definition) is 1. The molecule has 0 aromatic carbocycles. The van der Waals surface area contributed by atoms with Gasteiger partial charge in [0.2, 0.25) is 11.8 Å². The predicted octanol–water partition coefficient (Wildman–Crippen LogP) is 3.55. The van der Waals surface area contributed by atoms with Gasteiger partial charge in [0.15, 0.2) is 0 Å². The first-order valence-corrected chi connectivity index (χ1v) is 7.29. The molecule has 1 atom stereocenters. The zero-order valence-electron chi connectivity index (χ0n) is 11.6. The fraction of sp³-hybridized carbons (Fsp3) is 0.857. The second kappa shape index (κ2) is 6.32. The zero-order valence-corrected chi connectivity index (χ0v) is 11.6. The molecular weight excluding hydrogens is 226 g/mol. The fourth-order valence-corrected chi connectivity index (χ4v) is 2.79. The molecule has 1 aromatic heterocycles. The van der Waals surface area contributed by atoms with Crippen molar-refractivity contribution in [2.24, 2.45) is 11.7 Å². The second-order valence-electron chi connectivity index (χ2n) is 5.63. The van der Waals surface area contributed by atoms with E-state index in [1.165, 1.54) is 44.9 Å². The third-order valence-corrected chi connectivity index (χ3v) is 4.01. The highest BCUT2D eigenvalue weighted by atomic mass is 16.4. The molecule has 102 valence electrons. The monoisotopic (exact) mass is 251 g/mol. The van der Waals surface area contributed by atoms with E-state index < -0.39 is 0 Å². The van der Waals surface area contributed by atoms with Gasteiger partial charge in [0.1, 0.15) is 0 Å². The van der Waals surface area contributed by atoms with Crippen LogP contribution < -0.4 is 5.73 Å². The number of rotatable bonds is 5. The molecule has 0 radical (unpaired) electrons. The molecule has 0 aliphatic heterocycles. The highest BCUT2D eigenvalue weighted by Gasteiger charge is 2.26. The number of hydrogen-bond acceptors (Lipinski definition) is 4. The van der Waals surface area contributed by atoms with E-state index in [0.717, 1.165) is 11.8 Å². The van der Waals surface area contributed by atoms with Crippen molar-refractivity contribution < 1.29 is 4.42 Å². The molecule has 0 spiro atoms. The van der Waals surface area contributed by atoms with Gasteiger partial charge < -0.3 is 10.2 Å². The van der Waals surface area contributed by atoms with Crippen LogP contribution >= 0.6 is 0 Å². The molecule has 1 heterocycles. The SMILES string of the molecule is CCCCC1CCC(c2nnc(C(C)N)o2)CC1. The summed E-state index contributed by atoms with van der Waals surface area (Å²) in [5.74, 6) is 2.74. The normalized spacial score (nSPS) is 26.2. The van der Waals surface area contributed by atoms with E-state index in [1.807, 2.05) is 6.92 Å². The number of nitrogens with two attached hydrogens (primary N) is 1. The summed E-state index contributed by atoms with van der Waals surface area (Å²) in [5.41, 5.74) is 5.74. The summed E-state index contributed by atoms with van der Waals surface area (Å²) >= 11 is 0. The third-order valence-electron chi connectivity index (χ3n) is 4.01. The Morgan fingerprint density at radius 3 is 2.56 bits per heavy atom. The second-order valence-corrected chi connectivity index (χ2v) is 5.63. The average molecular weight is 251 g/mol. The van der Waals surface area contributed by atoms with Crippen molar-refractivity contribution in [3.05, 3.63) is 11.8 Å². The lowest BCUT2D eigenvalue weighted by Crippen LogP contribution is -2.13. The lowest BCUT2D eigenvalue weighted by Gasteiger charge is -2.26. The van der Waals surface area contributed by atoms with Crippen LogP contribution in [0.4, 0.5) is 0 Å². The number of unbranched alkanes of at least 4 members (excludes halogenated alkanes) is 1. The maximum Gasteiger partial charge on any atom is 0.232 e. The molecule has 2 rings (SSSR count). The Hall–Kier alpha value is -0.900. The van der Waals surface area contributed by atoms with Gasteiger partial charge in [0.25, 0.3) is 0 Å². The van der Waals surface area contributed by atoms with Gasteiger partial charge in [-0.2, -0.15) is 0 Å².